The number of nitrogens with one attached hydrogen (secondary N) is 2. The quantitative estimate of drug-likeness (QED) is 0.867. The summed E-state index contributed by atoms with van der Waals surface area (Å²) in [6, 6.07) is 4.08. The number of hydrogen-bond donors (Lipinski definition) is 2. The molecule has 1 aromatic rings. The van der Waals surface area contributed by atoms with Crippen molar-refractivity contribution in [3.63, 3.8) is 0 Å². The second kappa shape index (κ2) is 5.60. The summed E-state index contributed by atoms with van der Waals surface area (Å²) < 4.78 is 39.0. The third kappa shape index (κ3) is 4.07. The molecule has 0 aromatic heterocycles. The second-order valence-electron chi connectivity index (χ2n) is 3.15. The molecule has 0 radical (unpaired) electrons. The molecule has 1 rings (SSSR count). The van der Waals surface area contributed by atoms with Crippen molar-refractivity contribution in [1.82, 2.24) is 5.32 Å². The highest BCUT2D eigenvalue weighted by Gasteiger charge is 2.12. The van der Waals surface area contributed by atoms with Crippen LogP contribution in [0.1, 0.15) is 0 Å². The van der Waals surface area contributed by atoms with Gasteiger partial charge in [0.15, 0.2) is 0 Å². The number of hydrogen-bond acceptors (Lipinski definition) is 3. The molecule has 16 heavy (non-hydrogen) atoms. The van der Waals surface area contributed by atoms with Gasteiger partial charge in [-0.15, -0.1) is 0 Å². The fourth-order valence-corrected chi connectivity index (χ4v) is 2.46. The predicted molar refractivity (Wildman–Crippen MR) is 65.4 cm³/mol. The Morgan fingerprint density at radius 1 is 1.44 bits per heavy atom. The van der Waals surface area contributed by atoms with Gasteiger partial charge in [-0.2, -0.15) is 0 Å². The van der Waals surface area contributed by atoms with Crippen molar-refractivity contribution in [2.24, 2.45) is 0 Å². The fourth-order valence-electron chi connectivity index (χ4n) is 1.03. The van der Waals surface area contributed by atoms with Gasteiger partial charge in [0.25, 0.3) is 0 Å². The van der Waals surface area contributed by atoms with Gasteiger partial charge >= 0.3 is 0 Å². The SMILES string of the molecule is CNCCS(=O)(=O)Nc1cc(Br)ccc1F. The highest BCUT2D eigenvalue weighted by atomic mass is 79.9. The topological polar surface area (TPSA) is 58.2 Å². The van der Waals surface area contributed by atoms with Gasteiger partial charge in [0, 0.05) is 11.0 Å². The molecule has 0 aliphatic carbocycles. The fraction of sp³-hybridized carbons (Fsp3) is 0.333. The Hall–Kier alpha value is -0.660. The van der Waals surface area contributed by atoms with Crippen LogP contribution in [-0.4, -0.2) is 27.8 Å². The first-order valence-corrected chi connectivity index (χ1v) is 6.99. The molecule has 0 unspecified atom stereocenters. The van der Waals surface area contributed by atoms with Gasteiger partial charge in [-0.25, -0.2) is 12.8 Å². The van der Waals surface area contributed by atoms with Gasteiger partial charge in [0.1, 0.15) is 5.82 Å². The average molecular weight is 311 g/mol. The minimum Gasteiger partial charge on any atom is -0.319 e. The maximum absolute atomic E-state index is 13.3. The third-order valence-electron chi connectivity index (χ3n) is 1.81. The largest absolute Gasteiger partial charge is 0.319 e. The van der Waals surface area contributed by atoms with Crippen LogP contribution in [0.2, 0.25) is 0 Å². The Labute approximate surface area is 102 Å². The van der Waals surface area contributed by atoms with E-state index >= 15 is 0 Å². The molecular weight excluding hydrogens is 299 g/mol. The van der Waals surface area contributed by atoms with Crippen molar-refractivity contribution in [2.75, 3.05) is 24.1 Å². The number of sulfonamides is 1. The molecule has 0 aliphatic heterocycles. The normalized spacial score (nSPS) is 11.4. The summed E-state index contributed by atoms with van der Waals surface area (Å²) in [7, 11) is -1.86. The van der Waals surface area contributed by atoms with Crippen LogP contribution in [0, 0.1) is 5.82 Å². The standard InChI is InChI=1S/C9H12BrFN2O2S/c1-12-4-5-16(14,15)13-9-6-7(10)2-3-8(9)11/h2-3,6,12-13H,4-5H2,1H3. The average Bonchev–Trinajstić information content (AvgIpc) is 2.20. The van der Waals surface area contributed by atoms with Crippen LogP contribution in [0.4, 0.5) is 10.1 Å². The lowest BCUT2D eigenvalue weighted by atomic mass is 10.3. The summed E-state index contributed by atoms with van der Waals surface area (Å²) in [5, 5.41) is 2.71. The van der Waals surface area contributed by atoms with Gasteiger partial charge in [0.2, 0.25) is 10.0 Å². The van der Waals surface area contributed by atoms with E-state index in [1.54, 1.807) is 7.05 Å². The first-order chi connectivity index (χ1) is 7.44. The van der Waals surface area contributed by atoms with Crippen molar-refractivity contribution in [1.29, 1.82) is 0 Å². The van der Waals surface area contributed by atoms with E-state index in [4.69, 9.17) is 0 Å². The Bertz CT molecular complexity index is 465. The molecule has 0 saturated carbocycles. The van der Waals surface area contributed by atoms with Gasteiger partial charge in [-0.3, -0.25) is 4.72 Å². The van der Waals surface area contributed by atoms with Crippen LogP contribution >= 0.6 is 15.9 Å². The van der Waals surface area contributed by atoms with Crippen molar-refractivity contribution in [3.05, 3.63) is 28.5 Å². The molecular formula is C9H12BrFN2O2S. The van der Waals surface area contributed by atoms with Crippen LogP contribution in [0.15, 0.2) is 22.7 Å². The van der Waals surface area contributed by atoms with E-state index in [0.717, 1.165) is 0 Å². The summed E-state index contributed by atoms with van der Waals surface area (Å²) >= 11 is 3.14. The van der Waals surface area contributed by atoms with E-state index in [9.17, 15) is 12.8 Å². The number of rotatable bonds is 5. The zero-order valence-corrected chi connectivity index (χ0v) is 11.0. The van der Waals surface area contributed by atoms with E-state index in [2.05, 4.69) is 26.0 Å². The minimum absolute atomic E-state index is 0.0505. The van der Waals surface area contributed by atoms with E-state index < -0.39 is 15.8 Å². The molecule has 0 spiro atoms. The van der Waals surface area contributed by atoms with Crippen LogP contribution < -0.4 is 10.0 Å². The lowest BCUT2D eigenvalue weighted by molar-refractivity contribution is 0.596. The van der Waals surface area contributed by atoms with Gasteiger partial charge < -0.3 is 5.32 Å². The summed E-state index contributed by atoms with van der Waals surface area (Å²) in [5.41, 5.74) is -0.0505. The Morgan fingerprint density at radius 3 is 2.75 bits per heavy atom. The number of halogens is 2. The monoisotopic (exact) mass is 310 g/mol. The molecule has 0 aliphatic rings. The van der Waals surface area contributed by atoms with E-state index in [1.165, 1.54) is 18.2 Å². The molecule has 90 valence electrons. The van der Waals surface area contributed by atoms with Crippen LogP contribution in [0.5, 0.6) is 0 Å². The van der Waals surface area contributed by atoms with E-state index in [0.29, 0.717) is 11.0 Å². The summed E-state index contributed by atoms with van der Waals surface area (Å²) in [6.07, 6.45) is 0. The Morgan fingerprint density at radius 2 is 2.12 bits per heavy atom. The summed E-state index contributed by atoms with van der Waals surface area (Å²) in [5.74, 6) is -0.702. The third-order valence-corrected chi connectivity index (χ3v) is 3.58. The molecule has 0 atom stereocenters. The lowest BCUT2D eigenvalue weighted by Crippen LogP contribution is -2.24. The summed E-state index contributed by atoms with van der Waals surface area (Å²) in [6.45, 7) is 0.310. The molecule has 0 saturated heterocycles. The van der Waals surface area contributed by atoms with Crippen LogP contribution in [0.3, 0.4) is 0 Å². The maximum Gasteiger partial charge on any atom is 0.234 e. The lowest BCUT2D eigenvalue weighted by Gasteiger charge is -2.08. The number of anilines is 1. The van der Waals surface area contributed by atoms with Crippen LogP contribution in [0.25, 0.3) is 0 Å². The second-order valence-corrected chi connectivity index (χ2v) is 5.91. The van der Waals surface area contributed by atoms with Crippen molar-refractivity contribution in [2.45, 2.75) is 0 Å². The first kappa shape index (κ1) is 13.4. The molecule has 0 bridgehead atoms. The van der Waals surface area contributed by atoms with Crippen molar-refractivity contribution in [3.8, 4) is 0 Å². The molecule has 0 fully saturated rings. The highest BCUT2D eigenvalue weighted by molar-refractivity contribution is 9.10. The Kier molecular flexibility index (Phi) is 4.69. The van der Waals surface area contributed by atoms with Gasteiger partial charge in [-0.05, 0) is 25.2 Å². The van der Waals surface area contributed by atoms with Crippen molar-refractivity contribution < 1.29 is 12.8 Å². The maximum atomic E-state index is 13.3. The van der Waals surface area contributed by atoms with Gasteiger partial charge in [-0.1, -0.05) is 15.9 Å². The van der Waals surface area contributed by atoms with E-state index in [-0.39, 0.29) is 11.4 Å². The smallest absolute Gasteiger partial charge is 0.234 e. The molecule has 2 N–H and O–H groups in total. The highest BCUT2D eigenvalue weighted by Crippen LogP contribution is 2.20. The first-order valence-electron chi connectivity index (χ1n) is 4.55. The molecule has 0 heterocycles. The summed E-state index contributed by atoms with van der Waals surface area (Å²) in [4.78, 5) is 0. The van der Waals surface area contributed by atoms with E-state index in [1.807, 2.05) is 0 Å². The number of benzene rings is 1. The molecule has 4 nitrogen and oxygen atoms in total. The minimum atomic E-state index is -3.51. The zero-order chi connectivity index (χ0) is 12.2. The van der Waals surface area contributed by atoms with Crippen molar-refractivity contribution >= 4 is 31.6 Å². The zero-order valence-electron chi connectivity index (χ0n) is 8.63. The molecule has 0 amide bonds. The van der Waals surface area contributed by atoms with Crippen LogP contribution in [-0.2, 0) is 10.0 Å². The molecule has 1 aromatic carbocycles. The van der Waals surface area contributed by atoms with Gasteiger partial charge in [0.05, 0.1) is 11.4 Å². The predicted octanol–water partition coefficient (Wildman–Crippen LogP) is 1.55. The molecule has 7 heteroatoms. The Balaban J connectivity index is 2.83.